The second-order valence-corrected chi connectivity index (χ2v) is 9.01. The highest BCUT2D eigenvalue weighted by Gasteiger charge is 2.30. The van der Waals surface area contributed by atoms with Crippen LogP contribution in [-0.4, -0.2) is 52.4 Å². The molecule has 30 heavy (non-hydrogen) atoms. The number of hydrogen-bond acceptors (Lipinski definition) is 9. The molecule has 12 nitrogen and oxygen atoms in total. The van der Waals surface area contributed by atoms with Gasteiger partial charge in [-0.25, -0.2) is 23.5 Å². The monoisotopic (exact) mass is 503 g/mol. The molecule has 4 rings (SSSR count). The molecule has 0 amide bonds. The molecule has 15 heteroatoms. The molecular weight excluding hydrogens is 489 g/mol. The molecular formula is C15H15BrFN7O5S. The van der Waals surface area contributed by atoms with Crippen LogP contribution < -0.4 is 16.2 Å². The van der Waals surface area contributed by atoms with E-state index in [1.165, 1.54) is 22.5 Å². The maximum absolute atomic E-state index is 13.6. The molecule has 1 aliphatic rings. The molecule has 0 radical (unpaired) electrons. The number of nitrogens with two attached hydrogens (primary N) is 1. The van der Waals surface area contributed by atoms with E-state index in [4.69, 9.17) is 14.3 Å². The molecule has 0 aliphatic carbocycles. The maximum atomic E-state index is 13.6. The van der Waals surface area contributed by atoms with Gasteiger partial charge < -0.3 is 5.32 Å². The lowest BCUT2D eigenvalue weighted by Crippen LogP contribution is -2.35. The average molecular weight is 504 g/mol. The molecule has 3 aromatic rings. The quantitative estimate of drug-likeness (QED) is 0.492. The van der Waals surface area contributed by atoms with Crippen LogP contribution in [0.5, 0.6) is 0 Å². The highest BCUT2D eigenvalue weighted by molar-refractivity contribution is 9.10. The van der Waals surface area contributed by atoms with E-state index in [1.54, 1.807) is 0 Å². The normalized spacial score (nSPS) is 17.5. The lowest BCUT2D eigenvalue weighted by Gasteiger charge is -2.13. The van der Waals surface area contributed by atoms with E-state index in [0.29, 0.717) is 19.5 Å². The standard InChI is InChI=1S/C15H15BrFN7O5S/c16-10-5-9(1-2-11(10)17)24-14(22-28-15(24)25)12-13(21-29-20-12)19-6-8-3-4-23(7-8)30(18,26)27/h1-2,5,8H,3-4,6-7H2,(H,19,21)(H2,18,26,27). The van der Waals surface area contributed by atoms with Crippen LogP contribution in [0.15, 0.2) is 36.6 Å². The maximum Gasteiger partial charge on any atom is 0.446 e. The van der Waals surface area contributed by atoms with Gasteiger partial charge in [0.2, 0.25) is 11.6 Å². The molecule has 1 aromatic carbocycles. The molecule has 0 bridgehead atoms. The zero-order valence-electron chi connectivity index (χ0n) is 15.2. The summed E-state index contributed by atoms with van der Waals surface area (Å²) in [6, 6.07) is 3.95. The first kappa shape index (κ1) is 20.6. The highest BCUT2D eigenvalue weighted by Crippen LogP contribution is 2.27. The van der Waals surface area contributed by atoms with Crippen molar-refractivity contribution in [2.45, 2.75) is 6.42 Å². The molecule has 1 aliphatic heterocycles. The molecule has 2 aromatic heterocycles. The Morgan fingerprint density at radius 2 is 2.13 bits per heavy atom. The topological polar surface area (TPSA) is 162 Å². The van der Waals surface area contributed by atoms with E-state index in [0.717, 1.165) is 4.57 Å². The number of nitrogens with zero attached hydrogens (tertiary/aromatic N) is 5. The van der Waals surface area contributed by atoms with Gasteiger partial charge in [-0.15, -0.1) is 0 Å². The Bertz CT molecular complexity index is 1240. The second kappa shape index (κ2) is 7.90. The van der Waals surface area contributed by atoms with Crippen molar-refractivity contribution in [2.75, 3.05) is 25.0 Å². The Balaban J connectivity index is 1.57. The van der Waals surface area contributed by atoms with E-state index >= 15 is 0 Å². The fraction of sp³-hybridized carbons (Fsp3) is 0.333. The fourth-order valence-corrected chi connectivity index (χ4v) is 4.28. The first-order valence-electron chi connectivity index (χ1n) is 8.63. The van der Waals surface area contributed by atoms with Crippen molar-refractivity contribution in [3.63, 3.8) is 0 Å². The average Bonchev–Trinajstić information content (AvgIpc) is 3.41. The third kappa shape index (κ3) is 4.00. The third-order valence-corrected chi connectivity index (χ3v) is 6.29. The van der Waals surface area contributed by atoms with Gasteiger partial charge in [0, 0.05) is 19.6 Å². The van der Waals surface area contributed by atoms with Crippen molar-refractivity contribution in [1.29, 1.82) is 0 Å². The van der Waals surface area contributed by atoms with E-state index < -0.39 is 21.8 Å². The van der Waals surface area contributed by atoms with Crippen LogP contribution in [0.1, 0.15) is 6.42 Å². The zero-order chi connectivity index (χ0) is 21.5. The molecule has 1 unspecified atom stereocenters. The van der Waals surface area contributed by atoms with Crippen LogP contribution >= 0.6 is 15.9 Å². The minimum Gasteiger partial charge on any atom is -0.365 e. The SMILES string of the molecule is NS(=O)(=O)N1CCC(CNc2nonc2-c2noc(=O)n2-c2ccc(F)c(Br)c2)C1. The van der Waals surface area contributed by atoms with E-state index in [2.05, 4.69) is 36.7 Å². The van der Waals surface area contributed by atoms with E-state index in [-0.39, 0.29) is 40.0 Å². The van der Waals surface area contributed by atoms with Crippen molar-refractivity contribution < 1.29 is 22.0 Å². The molecule has 1 saturated heterocycles. The van der Waals surface area contributed by atoms with Crippen molar-refractivity contribution in [3.05, 3.63) is 39.0 Å². The Morgan fingerprint density at radius 3 is 2.83 bits per heavy atom. The van der Waals surface area contributed by atoms with Crippen LogP contribution in [0.4, 0.5) is 10.2 Å². The van der Waals surface area contributed by atoms with E-state index in [1.807, 2.05) is 0 Å². The molecule has 160 valence electrons. The van der Waals surface area contributed by atoms with E-state index in [9.17, 15) is 17.6 Å². The van der Waals surface area contributed by atoms with Gasteiger partial charge in [-0.2, -0.15) is 12.7 Å². The molecule has 1 fully saturated rings. The van der Waals surface area contributed by atoms with Gasteiger partial charge >= 0.3 is 5.76 Å². The van der Waals surface area contributed by atoms with Crippen LogP contribution in [0, 0.1) is 11.7 Å². The highest BCUT2D eigenvalue weighted by atomic mass is 79.9. The van der Waals surface area contributed by atoms with Crippen LogP contribution in [0.2, 0.25) is 0 Å². The van der Waals surface area contributed by atoms with Gasteiger partial charge in [-0.1, -0.05) is 5.16 Å². The fourth-order valence-electron chi connectivity index (χ4n) is 3.14. The van der Waals surface area contributed by atoms with Gasteiger partial charge in [0.1, 0.15) is 5.82 Å². The number of anilines is 1. The largest absolute Gasteiger partial charge is 0.446 e. The van der Waals surface area contributed by atoms with Gasteiger partial charge in [0.15, 0.2) is 5.69 Å². The first-order valence-corrected chi connectivity index (χ1v) is 10.9. The minimum absolute atomic E-state index is 0.000146. The van der Waals surface area contributed by atoms with Crippen molar-refractivity contribution in [1.82, 2.24) is 24.3 Å². The summed E-state index contributed by atoms with van der Waals surface area (Å²) in [5.41, 5.74) is 0.389. The van der Waals surface area contributed by atoms with Crippen molar-refractivity contribution in [2.24, 2.45) is 11.1 Å². The van der Waals surface area contributed by atoms with Gasteiger partial charge in [0.25, 0.3) is 10.2 Å². The Labute approximate surface area is 177 Å². The summed E-state index contributed by atoms with van der Waals surface area (Å²) in [4.78, 5) is 12.2. The van der Waals surface area contributed by atoms with Gasteiger partial charge in [0.05, 0.1) is 10.2 Å². The lowest BCUT2D eigenvalue weighted by molar-refractivity contribution is 0.309. The number of halogens is 2. The smallest absolute Gasteiger partial charge is 0.365 e. The summed E-state index contributed by atoms with van der Waals surface area (Å²) in [7, 11) is -3.73. The number of aromatic nitrogens is 4. The summed E-state index contributed by atoms with van der Waals surface area (Å²) in [6.07, 6.45) is 0.613. The Morgan fingerprint density at radius 1 is 1.33 bits per heavy atom. The number of benzene rings is 1. The Kier molecular flexibility index (Phi) is 5.44. The van der Waals surface area contributed by atoms with Gasteiger partial charge in [-0.05, 0) is 56.8 Å². The summed E-state index contributed by atoms with van der Waals surface area (Å²) >= 11 is 3.07. The first-order chi connectivity index (χ1) is 14.2. The van der Waals surface area contributed by atoms with Crippen LogP contribution in [0.25, 0.3) is 17.2 Å². The third-order valence-electron chi connectivity index (χ3n) is 4.63. The summed E-state index contributed by atoms with van der Waals surface area (Å²) < 4.78 is 48.4. The van der Waals surface area contributed by atoms with Crippen molar-refractivity contribution in [3.8, 4) is 17.2 Å². The summed E-state index contributed by atoms with van der Waals surface area (Å²) in [5.74, 6) is -1.13. The molecule has 3 N–H and O–H groups in total. The molecule has 0 spiro atoms. The van der Waals surface area contributed by atoms with Crippen molar-refractivity contribution >= 4 is 32.0 Å². The molecule has 0 saturated carbocycles. The second-order valence-electron chi connectivity index (χ2n) is 6.61. The van der Waals surface area contributed by atoms with Crippen LogP contribution in [0.3, 0.4) is 0 Å². The summed E-state index contributed by atoms with van der Waals surface area (Å²) in [5, 5.41) is 19.5. The number of nitrogens with one attached hydrogen (secondary N) is 1. The molecule has 1 atom stereocenters. The Hall–Kier alpha value is -2.62. The summed E-state index contributed by atoms with van der Waals surface area (Å²) in [6.45, 7) is 0.958. The van der Waals surface area contributed by atoms with Crippen LogP contribution in [-0.2, 0) is 10.2 Å². The number of rotatable bonds is 6. The predicted molar refractivity (Wildman–Crippen MR) is 104 cm³/mol. The number of hydrogen-bond donors (Lipinski definition) is 2. The molecule has 3 heterocycles. The minimum atomic E-state index is -3.73. The predicted octanol–water partition coefficient (Wildman–Crippen LogP) is 0.714. The van der Waals surface area contributed by atoms with Gasteiger partial charge in [-0.3, -0.25) is 4.52 Å². The lowest BCUT2D eigenvalue weighted by atomic mass is 10.1. The zero-order valence-corrected chi connectivity index (χ0v) is 17.6.